The minimum Gasteiger partial charge on any atom is -0.506 e. The smallest absolute Gasteiger partial charge is 0.263 e. The zero-order valence-electron chi connectivity index (χ0n) is 22.7. The Labute approximate surface area is 231 Å². The van der Waals surface area contributed by atoms with Crippen LogP contribution in [0.3, 0.4) is 0 Å². The Morgan fingerprint density at radius 3 is 2.45 bits per heavy atom. The number of benzene rings is 2. The van der Waals surface area contributed by atoms with Crippen LogP contribution in [-0.2, 0) is 6.42 Å². The van der Waals surface area contributed by atoms with Crippen LogP contribution in [0.15, 0.2) is 40.9 Å². The van der Waals surface area contributed by atoms with E-state index in [4.69, 9.17) is 14.0 Å². The predicted octanol–water partition coefficient (Wildman–Crippen LogP) is 5.82. The van der Waals surface area contributed by atoms with Crippen LogP contribution in [0.5, 0.6) is 23.1 Å². The lowest BCUT2D eigenvalue weighted by atomic mass is 9.91. The summed E-state index contributed by atoms with van der Waals surface area (Å²) in [7, 11) is 3.03. The van der Waals surface area contributed by atoms with Crippen molar-refractivity contribution in [2.24, 2.45) is 0 Å². The Morgan fingerprint density at radius 1 is 1.10 bits per heavy atom. The normalized spacial score (nSPS) is 14.1. The molecule has 0 atom stereocenters. The molecule has 0 saturated carbocycles. The van der Waals surface area contributed by atoms with Crippen molar-refractivity contribution in [3.05, 3.63) is 59.2 Å². The van der Waals surface area contributed by atoms with E-state index in [1.165, 1.54) is 26.4 Å². The molecule has 5 rings (SSSR count). The largest absolute Gasteiger partial charge is 0.506 e. The van der Waals surface area contributed by atoms with E-state index in [-0.39, 0.29) is 17.2 Å². The summed E-state index contributed by atoms with van der Waals surface area (Å²) in [5.74, 6) is -0.894. The van der Waals surface area contributed by atoms with Gasteiger partial charge < -0.3 is 29.1 Å². The number of rotatable bonds is 8. The van der Waals surface area contributed by atoms with E-state index < -0.39 is 17.6 Å². The van der Waals surface area contributed by atoms with Crippen LogP contribution < -0.4 is 9.47 Å². The van der Waals surface area contributed by atoms with Crippen molar-refractivity contribution in [2.75, 3.05) is 27.3 Å². The molecule has 0 bridgehead atoms. The van der Waals surface area contributed by atoms with E-state index in [1.54, 1.807) is 29.2 Å². The summed E-state index contributed by atoms with van der Waals surface area (Å²) in [6.07, 6.45) is 3.28. The number of nitrogens with zero attached hydrogens (tertiary/aromatic N) is 3. The van der Waals surface area contributed by atoms with Crippen molar-refractivity contribution in [3.63, 3.8) is 0 Å². The van der Waals surface area contributed by atoms with Gasteiger partial charge in [0, 0.05) is 30.5 Å². The van der Waals surface area contributed by atoms with Gasteiger partial charge in [-0.05, 0) is 49.9 Å². The molecule has 10 heteroatoms. The number of aromatic hydroxyl groups is 2. The number of methoxy groups -OCH3 is 2. The number of pyridine rings is 1. The van der Waals surface area contributed by atoms with Crippen LogP contribution in [0.1, 0.15) is 60.3 Å². The zero-order valence-corrected chi connectivity index (χ0v) is 22.7. The number of amides is 1. The van der Waals surface area contributed by atoms with Crippen LogP contribution in [0.4, 0.5) is 4.39 Å². The Balaban J connectivity index is 1.48. The molecule has 1 saturated heterocycles. The second kappa shape index (κ2) is 11.4. The molecule has 0 radical (unpaired) electrons. The highest BCUT2D eigenvalue weighted by molar-refractivity contribution is 6.02. The highest BCUT2D eigenvalue weighted by Gasteiger charge is 2.33. The first-order chi connectivity index (χ1) is 19.4. The molecule has 40 heavy (non-hydrogen) atoms. The average molecular weight is 550 g/mol. The quantitative estimate of drug-likeness (QED) is 0.282. The van der Waals surface area contributed by atoms with Gasteiger partial charge in [0.15, 0.2) is 5.58 Å². The second-order valence-electron chi connectivity index (χ2n) is 9.90. The van der Waals surface area contributed by atoms with Crippen molar-refractivity contribution in [1.82, 2.24) is 15.0 Å². The number of carbonyl (C=O) groups excluding carboxylic acids is 1. The number of fused-ring (bicyclic) bond motifs is 1. The fraction of sp³-hybridized carbons (Fsp3) is 0.367. The van der Waals surface area contributed by atoms with E-state index in [1.807, 2.05) is 6.92 Å². The molecule has 9 nitrogen and oxygen atoms in total. The van der Waals surface area contributed by atoms with Crippen LogP contribution in [0.2, 0.25) is 0 Å². The highest BCUT2D eigenvalue weighted by atomic mass is 19.1. The zero-order chi connectivity index (χ0) is 28.4. The maximum absolute atomic E-state index is 13.7. The first kappa shape index (κ1) is 27.2. The third-order valence-electron chi connectivity index (χ3n) is 7.52. The predicted molar refractivity (Wildman–Crippen MR) is 147 cm³/mol. The summed E-state index contributed by atoms with van der Waals surface area (Å²) in [4.78, 5) is 19.7. The highest BCUT2D eigenvalue weighted by Crippen LogP contribution is 2.47. The molecule has 2 aromatic heterocycles. The van der Waals surface area contributed by atoms with E-state index in [2.05, 4.69) is 10.1 Å². The van der Waals surface area contributed by atoms with Gasteiger partial charge in [-0.2, -0.15) is 0 Å². The number of aryl methyl sites for hydroxylation is 1. The van der Waals surface area contributed by atoms with E-state index in [0.29, 0.717) is 66.3 Å². The van der Waals surface area contributed by atoms with Gasteiger partial charge in [-0.1, -0.05) is 24.6 Å². The lowest BCUT2D eigenvalue weighted by molar-refractivity contribution is 0.0704. The molecule has 2 N–H and O–H groups in total. The standard InChI is InChI=1S/C30H32FN3O6/c1-4-5-7-20-24(25-21(38-2)8-6-9-22(25)39-3)28(35)26(29(36)32-20)30(37)34-14-12-17(13-15-34)27-19-11-10-18(31)16-23(19)40-33-27/h6,8-11,16-17H,4-5,7,12-15H2,1-3H3,(H2,32,35,36). The van der Waals surface area contributed by atoms with Gasteiger partial charge in [0.05, 0.1) is 36.7 Å². The van der Waals surface area contributed by atoms with Crippen LogP contribution in [0, 0.1) is 5.82 Å². The van der Waals surface area contributed by atoms with Crippen LogP contribution >= 0.6 is 0 Å². The first-order valence-corrected chi connectivity index (χ1v) is 13.4. The Bertz CT molecular complexity index is 1520. The summed E-state index contributed by atoms with van der Waals surface area (Å²) in [5.41, 5.74) is 2.08. The molecule has 0 aliphatic carbocycles. The molecule has 1 aliphatic heterocycles. The molecule has 0 unspecified atom stereocenters. The number of hydrogen-bond donors (Lipinski definition) is 2. The van der Waals surface area contributed by atoms with E-state index >= 15 is 0 Å². The van der Waals surface area contributed by atoms with Crippen molar-refractivity contribution >= 4 is 16.9 Å². The van der Waals surface area contributed by atoms with Crippen molar-refractivity contribution < 1.29 is 33.4 Å². The molecule has 4 aromatic rings. The monoisotopic (exact) mass is 549 g/mol. The number of unbranched alkanes of at least 4 members (excludes halogenated alkanes) is 1. The van der Waals surface area contributed by atoms with Crippen LogP contribution in [0.25, 0.3) is 22.1 Å². The number of aromatic nitrogens is 2. The summed E-state index contributed by atoms with van der Waals surface area (Å²) in [5, 5.41) is 27.4. The minimum absolute atomic E-state index is 0.0147. The van der Waals surface area contributed by atoms with Crippen molar-refractivity contribution in [3.8, 4) is 34.3 Å². The molecule has 3 heterocycles. The molecular weight excluding hydrogens is 517 g/mol. The fourth-order valence-corrected chi connectivity index (χ4v) is 5.43. The fourth-order valence-electron chi connectivity index (χ4n) is 5.43. The maximum Gasteiger partial charge on any atom is 0.263 e. The number of hydrogen-bond acceptors (Lipinski definition) is 8. The summed E-state index contributed by atoms with van der Waals surface area (Å²) in [6, 6.07) is 9.58. The van der Waals surface area contributed by atoms with Gasteiger partial charge in [-0.25, -0.2) is 9.37 Å². The summed E-state index contributed by atoms with van der Waals surface area (Å²) < 4.78 is 30.0. The summed E-state index contributed by atoms with van der Waals surface area (Å²) in [6.45, 7) is 2.76. The molecule has 0 spiro atoms. The van der Waals surface area contributed by atoms with Gasteiger partial charge in [-0.15, -0.1) is 0 Å². The van der Waals surface area contributed by atoms with Gasteiger partial charge in [-0.3, -0.25) is 4.79 Å². The molecular formula is C30H32FN3O6. The lowest BCUT2D eigenvalue weighted by Crippen LogP contribution is -2.38. The Morgan fingerprint density at radius 2 is 1.80 bits per heavy atom. The third kappa shape index (κ3) is 4.89. The average Bonchev–Trinajstić information content (AvgIpc) is 3.38. The minimum atomic E-state index is -0.523. The topological polar surface area (TPSA) is 118 Å². The summed E-state index contributed by atoms with van der Waals surface area (Å²) >= 11 is 0. The number of piperidine rings is 1. The third-order valence-corrected chi connectivity index (χ3v) is 7.52. The van der Waals surface area contributed by atoms with Gasteiger partial charge in [0.2, 0.25) is 5.88 Å². The van der Waals surface area contributed by atoms with Gasteiger partial charge >= 0.3 is 0 Å². The molecule has 1 amide bonds. The van der Waals surface area contributed by atoms with Crippen molar-refractivity contribution in [1.29, 1.82) is 0 Å². The van der Waals surface area contributed by atoms with E-state index in [0.717, 1.165) is 23.9 Å². The maximum atomic E-state index is 13.7. The van der Waals surface area contributed by atoms with Crippen LogP contribution in [-0.4, -0.2) is 58.5 Å². The molecule has 1 aliphatic rings. The molecule has 210 valence electrons. The molecule has 1 fully saturated rings. The number of likely N-dealkylation sites (tertiary alicyclic amines) is 1. The first-order valence-electron chi connectivity index (χ1n) is 13.4. The Hall–Kier alpha value is -4.34. The van der Waals surface area contributed by atoms with Crippen molar-refractivity contribution in [2.45, 2.75) is 44.9 Å². The van der Waals surface area contributed by atoms with E-state index in [9.17, 15) is 19.4 Å². The lowest BCUT2D eigenvalue weighted by Gasteiger charge is -2.31. The SMILES string of the molecule is CCCCc1nc(O)c(C(=O)N2CCC(c3noc4cc(F)ccc34)CC2)c(O)c1-c1c(OC)cccc1OC. The number of ether oxygens (including phenoxy) is 2. The molecule has 2 aromatic carbocycles. The second-order valence-corrected chi connectivity index (χ2v) is 9.90. The number of carbonyl (C=O) groups is 1. The number of halogens is 1. The van der Waals surface area contributed by atoms with Gasteiger partial charge in [0.25, 0.3) is 5.91 Å². The Kier molecular flexibility index (Phi) is 7.77. The van der Waals surface area contributed by atoms with Gasteiger partial charge in [0.1, 0.15) is 28.6 Å².